The van der Waals surface area contributed by atoms with Crippen molar-refractivity contribution in [1.82, 2.24) is 0 Å². The molecule has 112 valence electrons. The van der Waals surface area contributed by atoms with Gasteiger partial charge in [0.15, 0.2) is 9.84 Å². The summed E-state index contributed by atoms with van der Waals surface area (Å²) in [6.07, 6.45) is 0. The Morgan fingerprint density at radius 1 is 1.25 bits per heavy atom. The van der Waals surface area contributed by atoms with E-state index < -0.39 is 24.6 Å². The summed E-state index contributed by atoms with van der Waals surface area (Å²) in [4.78, 5) is 10.7. The molecule has 0 saturated heterocycles. The molecular formula is C11H14ClNO5S2. The fourth-order valence-electron chi connectivity index (χ4n) is 1.55. The van der Waals surface area contributed by atoms with Gasteiger partial charge >= 0.3 is 0 Å². The summed E-state index contributed by atoms with van der Waals surface area (Å²) in [6, 6.07) is 3.82. The zero-order valence-corrected chi connectivity index (χ0v) is 13.3. The third kappa shape index (κ3) is 4.77. The first-order valence-electron chi connectivity index (χ1n) is 5.61. The number of nitrogens with one attached hydrogen (secondary N) is 1. The normalized spacial score (nSPS) is 12.2. The highest BCUT2D eigenvalue weighted by atomic mass is 35.7. The summed E-state index contributed by atoms with van der Waals surface area (Å²) in [5.74, 6) is -0.937. The largest absolute Gasteiger partial charge is 0.326 e. The lowest BCUT2D eigenvalue weighted by atomic mass is 10.2. The maximum Gasteiger partial charge on any atom is 0.261 e. The van der Waals surface area contributed by atoms with Crippen LogP contribution in [0, 0.1) is 0 Å². The molecule has 6 nitrogen and oxygen atoms in total. The molecule has 0 aliphatic carbocycles. The van der Waals surface area contributed by atoms with Crippen LogP contribution in [0.4, 0.5) is 5.69 Å². The zero-order chi connectivity index (χ0) is 15.6. The highest BCUT2D eigenvalue weighted by Gasteiger charge is 2.20. The number of rotatable bonds is 5. The number of anilines is 1. The summed E-state index contributed by atoms with van der Waals surface area (Å²) in [5.41, 5.74) is 0.343. The molecule has 0 atom stereocenters. The van der Waals surface area contributed by atoms with Crippen molar-refractivity contribution in [3.63, 3.8) is 0 Å². The lowest BCUT2D eigenvalue weighted by molar-refractivity contribution is -0.114. The lowest BCUT2D eigenvalue weighted by Crippen LogP contribution is -2.11. The fraction of sp³-hybridized carbons (Fsp3) is 0.364. The Hall–Kier alpha value is -1.12. The average molecular weight is 340 g/mol. The Morgan fingerprint density at radius 3 is 2.30 bits per heavy atom. The molecule has 0 radical (unpaired) electrons. The van der Waals surface area contributed by atoms with E-state index in [2.05, 4.69) is 5.32 Å². The molecule has 0 saturated carbocycles. The van der Waals surface area contributed by atoms with Gasteiger partial charge in [-0.25, -0.2) is 16.8 Å². The molecule has 9 heteroatoms. The number of hydrogen-bond acceptors (Lipinski definition) is 5. The zero-order valence-electron chi connectivity index (χ0n) is 10.9. The van der Waals surface area contributed by atoms with Gasteiger partial charge < -0.3 is 5.32 Å². The smallest absolute Gasteiger partial charge is 0.261 e. The van der Waals surface area contributed by atoms with Gasteiger partial charge in [0.05, 0.1) is 10.6 Å². The fourth-order valence-corrected chi connectivity index (χ4v) is 3.68. The van der Waals surface area contributed by atoms with Crippen LogP contribution in [0.25, 0.3) is 0 Å². The van der Waals surface area contributed by atoms with Crippen molar-refractivity contribution in [2.75, 3.05) is 11.1 Å². The Morgan fingerprint density at radius 2 is 1.85 bits per heavy atom. The SMILES string of the molecule is CCS(=O)(=O)Cc1cc(NC(C)=O)ccc1S(=O)(=O)Cl. The van der Waals surface area contributed by atoms with Gasteiger partial charge in [0.2, 0.25) is 5.91 Å². The second kappa shape index (κ2) is 6.11. The molecule has 1 aromatic carbocycles. The predicted octanol–water partition coefficient (Wildman–Crippen LogP) is 1.51. The van der Waals surface area contributed by atoms with Crippen molar-refractivity contribution in [2.24, 2.45) is 0 Å². The second-order valence-corrected chi connectivity index (χ2v) is 9.01. The van der Waals surface area contributed by atoms with Crippen LogP contribution >= 0.6 is 10.7 Å². The van der Waals surface area contributed by atoms with Crippen molar-refractivity contribution in [1.29, 1.82) is 0 Å². The van der Waals surface area contributed by atoms with E-state index in [1.807, 2.05) is 0 Å². The molecule has 0 aliphatic rings. The summed E-state index contributed by atoms with van der Waals surface area (Å²) >= 11 is 0. The van der Waals surface area contributed by atoms with E-state index >= 15 is 0 Å². The highest BCUT2D eigenvalue weighted by molar-refractivity contribution is 8.13. The number of hydrogen-bond donors (Lipinski definition) is 1. The van der Waals surface area contributed by atoms with E-state index in [1.165, 1.54) is 32.0 Å². The summed E-state index contributed by atoms with van der Waals surface area (Å²) in [5, 5.41) is 2.46. The van der Waals surface area contributed by atoms with Gasteiger partial charge in [-0.05, 0) is 23.8 Å². The summed E-state index contributed by atoms with van der Waals surface area (Å²) < 4.78 is 46.2. The quantitative estimate of drug-likeness (QED) is 0.820. The minimum atomic E-state index is -4.06. The van der Waals surface area contributed by atoms with Crippen molar-refractivity contribution in [2.45, 2.75) is 24.5 Å². The first kappa shape index (κ1) is 16.9. The van der Waals surface area contributed by atoms with Gasteiger partial charge in [0.25, 0.3) is 9.05 Å². The molecule has 0 bridgehead atoms. The molecule has 1 amide bonds. The molecule has 0 aromatic heterocycles. The topological polar surface area (TPSA) is 97.4 Å². The molecule has 0 fully saturated rings. The number of amides is 1. The number of sulfone groups is 1. The van der Waals surface area contributed by atoms with Crippen LogP contribution in [0.1, 0.15) is 19.4 Å². The standard InChI is InChI=1S/C11H14ClNO5S2/c1-3-19(15,16)7-9-6-10(13-8(2)14)4-5-11(9)20(12,17)18/h4-6H,3,7H2,1-2H3,(H,13,14). The molecule has 0 heterocycles. The molecule has 20 heavy (non-hydrogen) atoms. The van der Waals surface area contributed by atoms with Crippen molar-refractivity contribution >= 4 is 41.2 Å². The van der Waals surface area contributed by atoms with Crippen LogP contribution in [0.3, 0.4) is 0 Å². The molecule has 0 aliphatic heterocycles. The first-order valence-corrected chi connectivity index (χ1v) is 9.74. The second-order valence-electron chi connectivity index (χ2n) is 4.12. The first-order chi connectivity index (χ1) is 9.05. The number of carbonyl (C=O) groups is 1. The molecule has 1 rings (SSSR count). The van der Waals surface area contributed by atoms with Crippen molar-refractivity contribution < 1.29 is 21.6 Å². The Labute approximate surface area is 122 Å². The Balaban J connectivity index is 3.38. The minimum absolute atomic E-state index is 0.0353. The minimum Gasteiger partial charge on any atom is -0.326 e. The van der Waals surface area contributed by atoms with Crippen LogP contribution in [0.15, 0.2) is 23.1 Å². The monoisotopic (exact) mass is 339 g/mol. The number of benzene rings is 1. The third-order valence-corrected chi connectivity index (χ3v) is 5.51. The molecule has 0 spiro atoms. The van der Waals surface area contributed by atoms with E-state index in [4.69, 9.17) is 10.7 Å². The van der Waals surface area contributed by atoms with Gasteiger partial charge in [-0.15, -0.1) is 0 Å². The molecular weight excluding hydrogens is 326 g/mol. The highest BCUT2D eigenvalue weighted by Crippen LogP contribution is 2.25. The number of carbonyl (C=O) groups excluding carboxylic acids is 1. The third-order valence-electron chi connectivity index (χ3n) is 2.46. The summed E-state index contributed by atoms with van der Waals surface area (Å²) in [7, 11) is -2.22. The van der Waals surface area contributed by atoms with Gasteiger partial charge in [0.1, 0.15) is 0 Å². The van der Waals surface area contributed by atoms with Gasteiger partial charge in [0, 0.05) is 29.0 Å². The van der Waals surface area contributed by atoms with Crippen molar-refractivity contribution in [3.05, 3.63) is 23.8 Å². The van der Waals surface area contributed by atoms with Crippen LogP contribution in [-0.4, -0.2) is 28.5 Å². The molecule has 1 aromatic rings. The van der Waals surface area contributed by atoms with E-state index in [0.29, 0.717) is 5.69 Å². The molecule has 1 N–H and O–H groups in total. The van der Waals surface area contributed by atoms with E-state index in [1.54, 1.807) is 0 Å². The maximum absolute atomic E-state index is 11.7. The Bertz CT molecular complexity index is 725. The van der Waals surface area contributed by atoms with E-state index in [0.717, 1.165) is 0 Å². The van der Waals surface area contributed by atoms with Gasteiger partial charge in [-0.3, -0.25) is 4.79 Å². The number of halogens is 1. The lowest BCUT2D eigenvalue weighted by Gasteiger charge is -2.10. The predicted molar refractivity (Wildman–Crippen MR) is 76.9 cm³/mol. The molecule has 0 unspecified atom stereocenters. The van der Waals surface area contributed by atoms with Crippen LogP contribution in [0.5, 0.6) is 0 Å². The van der Waals surface area contributed by atoms with Gasteiger partial charge in [-0.2, -0.15) is 0 Å². The van der Waals surface area contributed by atoms with Crippen LogP contribution in [-0.2, 0) is 29.4 Å². The van der Waals surface area contributed by atoms with E-state index in [9.17, 15) is 21.6 Å². The average Bonchev–Trinajstić information content (AvgIpc) is 2.26. The van der Waals surface area contributed by atoms with E-state index in [-0.39, 0.29) is 22.1 Å². The van der Waals surface area contributed by atoms with Crippen LogP contribution in [0.2, 0.25) is 0 Å². The van der Waals surface area contributed by atoms with Crippen molar-refractivity contribution in [3.8, 4) is 0 Å². The summed E-state index contributed by atoms with van der Waals surface area (Å²) in [6.45, 7) is 2.75. The van der Waals surface area contributed by atoms with Gasteiger partial charge in [-0.1, -0.05) is 6.92 Å². The Kier molecular flexibility index (Phi) is 5.17. The van der Waals surface area contributed by atoms with Crippen LogP contribution < -0.4 is 5.32 Å². The maximum atomic E-state index is 11.7.